The molecule has 0 aliphatic heterocycles. The van der Waals surface area contributed by atoms with Crippen LogP contribution in [0.15, 0.2) is 45.3 Å². The molecule has 0 saturated carbocycles. The van der Waals surface area contributed by atoms with Crippen LogP contribution in [-0.4, -0.2) is 5.11 Å². The predicted octanol–water partition coefficient (Wildman–Crippen LogP) is 5.79. The largest absolute Gasteiger partial charge is 0.388 e. The standard InChI is InChI=1S/C14H10Br2Cl2O/c15-8-4-5-9(11(16)6-8)14(19)7-10-12(17)2-1-3-13(10)18/h1-6,14,19H,7H2. The van der Waals surface area contributed by atoms with Crippen LogP contribution in [0.3, 0.4) is 0 Å². The Bertz CT molecular complexity index is 582. The zero-order chi connectivity index (χ0) is 14.0. The van der Waals surface area contributed by atoms with Crippen molar-refractivity contribution >= 4 is 55.1 Å². The summed E-state index contributed by atoms with van der Waals surface area (Å²) in [4.78, 5) is 0. The summed E-state index contributed by atoms with van der Waals surface area (Å²) >= 11 is 19.0. The van der Waals surface area contributed by atoms with Crippen LogP contribution in [0.2, 0.25) is 10.0 Å². The molecule has 2 rings (SSSR count). The maximum absolute atomic E-state index is 10.3. The van der Waals surface area contributed by atoms with Crippen molar-refractivity contribution < 1.29 is 5.11 Å². The summed E-state index contributed by atoms with van der Waals surface area (Å²) in [7, 11) is 0. The topological polar surface area (TPSA) is 20.2 Å². The fourth-order valence-electron chi connectivity index (χ4n) is 1.80. The maximum Gasteiger partial charge on any atom is 0.0842 e. The van der Waals surface area contributed by atoms with Gasteiger partial charge in [0.15, 0.2) is 0 Å². The van der Waals surface area contributed by atoms with Gasteiger partial charge in [-0.05, 0) is 35.4 Å². The molecule has 0 spiro atoms. The Labute approximate surface area is 138 Å². The predicted molar refractivity (Wildman–Crippen MR) is 87.0 cm³/mol. The molecule has 0 fully saturated rings. The van der Waals surface area contributed by atoms with Gasteiger partial charge in [-0.15, -0.1) is 0 Å². The minimum absolute atomic E-state index is 0.374. The molecule has 100 valence electrons. The van der Waals surface area contributed by atoms with Crippen molar-refractivity contribution in [3.05, 3.63) is 66.5 Å². The van der Waals surface area contributed by atoms with E-state index in [1.54, 1.807) is 18.2 Å². The number of halogens is 4. The first kappa shape index (κ1) is 15.3. The molecule has 0 aliphatic carbocycles. The van der Waals surface area contributed by atoms with Crippen LogP contribution < -0.4 is 0 Å². The molecule has 5 heteroatoms. The monoisotopic (exact) mass is 422 g/mol. The van der Waals surface area contributed by atoms with Gasteiger partial charge in [-0.3, -0.25) is 0 Å². The second-order valence-electron chi connectivity index (χ2n) is 4.09. The van der Waals surface area contributed by atoms with Gasteiger partial charge < -0.3 is 5.11 Å². The molecule has 1 nitrogen and oxygen atoms in total. The highest BCUT2D eigenvalue weighted by Crippen LogP contribution is 2.32. The molecule has 0 saturated heterocycles. The lowest BCUT2D eigenvalue weighted by atomic mass is 10.0. The Morgan fingerprint density at radius 2 is 1.68 bits per heavy atom. The quantitative estimate of drug-likeness (QED) is 0.660. The van der Waals surface area contributed by atoms with Gasteiger partial charge in [0, 0.05) is 25.4 Å². The van der Waals surface area contributed by atoms with E-state index < -0.39 is 6.10 Å². The van der Waals surface area contributed by atoms with Crippen molar-refractivity contribution in [2.45, 2.75) is 12.5 Å². The number of rotatable bonds is 3. The van der Waals surface area contributed by atoms with Crippen LogP contribution in [0.1, 0.15) is 17.2 Å². The second-order valence-corrected chi connectivity index (χ2v) is 6.67. The van der Waals surface area contributed by atoms with Gasteiger partial charge in [-0.2, -0.15) is 0 Å². The van der Waals surface area contributed by atoms with Crippen molar-refractivity contribution in [1.29, 1.82) is 0 Å². The number of hydrogen-bond donors (Lipinski definition) is 1. The van der Waals surface area contributed by atoms with Gasteiger partial charge in [0.05, 0.1) is 6.10 Å². The summed E-state index contributed by atoms with van der Waals surface area (Å²) in [5, 5.41) is 11.5. The van der Waals surface area contributed by atoms with Crippen LogP contribution in [0, 0.1) is 0 Å². The average molecular weight is 425 g/mol. The number of aliphatic hydroxyl groups excluding tert-OH is 1. The first-order chi connectivity index (χ1) is 8.99. The van der Waals surface area contributed by atoms with Crippen LogP contribution in [0.4, 0.5) is 0 Å². The first-order valence-electron chi connectivity index (χ1n) is 5.55. The highest BCUT2D eigenvalue weighted by atomic mass is 79.9. The smallest absolute Gasteiger partial charge is 0.0842 e. The molecule has 0 bridgehead atoms. The average Bonchev–Trinajstić information content (AvgIpc) is 2.33. The zero-order valence-corrected chi connectivity index (χ0v) is 14.4. The third-order valence-corrected chi connectivity index (χ3v) is 4.67. The number of aliphatic hydroxyl groups is 1. The fourth-order valence-corrected chi connectivity index (χ4v) is 3.67. The van der Waals surface area contributed by atoms with Gasteiger partial charge in [-0.1, -0.05) is 67.2 Å². The van der Waals surface area contributed by atoms with E-state index in [0.717, 1.165) is 20.1 Å². The lowest BCUT2D eigenvalue weighted by Crippen LogP contribution is -2.04. The normalized spacial score (nSPS) is 12.5. The van der Waals surface area contributed by atoms with Crippen molar-refractivity contribution in [1.82, 2.24) is 0 Å². The maximum atomic E-state index is 10.3. The van der Waals surface area contributed by atoms with Gasteiger partial charge in [0.25, 0.3) is 0 Å². The van der Waals surface area contributed by atoms with Gasteiger partial charge in [-0.25, -0.2) is 0 Å². The second kappa shape index (κ2) is 6.59. The summed E-state index contributed by atoms with van der Waals surface area (Å²) in [6, 6.07) is 11.0. The third kappa shape index (κ3) is 3.73. The highest BCUT2D eigenvalue weighted by molar-refractivity contribution is 9.11. The van der Waals surface area contributed by atoms with E-state index in [-0.39, 0.29) is 0 Å². The Morgan fingerprint density at radius 3 is 2.26 bits per heavy atom. The van der Waals surface area contributed by atoms with Crippen LogP contribution >= 0.6 is 55.1 Å². The molecule has 0 heterocycles. The van der Waals surface area contributed by atoms with E-state index >= 15 is 0 Å². The number of hydrogen-bond acceptors (Lipinski definition) is 1. The van der Waals surface area contributed by atoms with E-state index in [2.05, 4.69) is 31.9 Å². The fraction of sp³-hybridized carbons (Fsp3) is 0.143. The van der Waals surface area contributed by atoms with E-state index in [0.29, 0.717) is 16.5 Å². The van der Waals surface area contributed by atoms with E-state index in [9.17, 15) is 5.11 Å². The molecule has 0 aromatic heterocycles. The van der Waals surface area contributed by atoms with Crippen molar-refractivity contribution in [2.75, 3.05) is 0 Å². The van der Waals surface area contributed by atoms with Crippen molar-refractivity contribution in [2.24, 2.45) is 0 Å². The van der Waals surface area contributed by atoms with E-state index in [1.165, 1.54) is 0 Å². The van der Waals surface area contributed by atoms with Crippen molar-refractivity contribution in [3.63, 3.8) is 0 Å². The molecule has 0 radical (unpaired) electrons. The van der Waals surface area contributed by atoms with Gasteiger partial charge in [0.1, 0.15) is 0 Å². The summed E-state index contributed by atoms with van der Waals surface area (Å²) in [6.45, 7) is 0. The minimum Gasteiger partial charge on any atom is -0.388 e. The van der Waals surface area contributed by atoms with Gasteiger partial charge >= 0.3 is 0 Å². The molecule has 2 aromatic rings. The number of benzene rings is 2. The molecular weight excluding hydrogens is 415 g/mol. The molecule has 0 aliphatic rings. The summed E-state index contributed by atoms with van der Waals surface area (Å²) in [5.41, 5.74) is 1.56. The molecular formula is C14H10Br2Cl2O. The third-order valence-electron chi connectivity index (χ3n) is 2.78. The molecule has 2 aromatic carbocycles. The van der Waals surface area contributed by atoms with Crippen LogP contribution in [0.25, 0.3) is 0 Å². The first-order valence-corrected chi connectivity index (χ1v) is 7.89. The van der Waals surface area contributed by atoms with Crippen LogP contribution in [-0.2, 0) is 6.42 Å². The Hall–Kier alpha value is -0.0600. The minimum atomic E-state index is -0.667. The van der Waals surface area contributed by atoms with E-state index in [4.69, 9.17) is 23.2 Å². The Morgan fingerprint density at radius 1 is 1.05 bits per heavy atom. The summed E-state index contributed by atoms with van der Waals surface area (Å²) < 4.78 is 1.80. The highest BCUT2D eigenvalue weighted by Gasteiger charge is 2.16. The molecule has 1 unspecified atom stereocenters. The molecule has 19 heavy (non-hydrogen) atoms. The van der Waals surface area contributed by atoms with E-state index in [1.807, 2.05) is 18.2 Å². The Kier molecular flexibility index (Phi) is 5.32. The Balaban J connectivity index is 2.28. The van der Waals surface area contributed by atoms with Crippen molar-refractivity contribution in [3.8, 4) is 0 Å². The van der Waals surface area contributed by atoms with Gasteiger partial charge in [0.2, 0.25) is 0 Å². The summed E-state index contributed by atoms with van der Waals surface area (Å²) in [6.07, 6.45) is -0.293. The molecule has 0 amide bonds. The zero-order valence-electron chi connectivity index (χ0n) is 9.71. The lowest BCUT2D eigenvalue weighted by Gasteiger charge is -2.15. The SMILES string of the molecule is OC(Cc1c(Cl)cccc1Cl)c1ccc(Br)cc1Br. The molecule has 1 atom stereocenters. The summed E-state index contributed by atoms with van der Waals surface area (Å²) in [5.74, 6) is 0. The molecule has 1 N–H and O–H groups in total. The lowest BCUT2D eigenvalue weighted by molar-refractivity contribution is 0.177. The van der Waals surface area contributed by atoms with Crippen LogP contribution in [0.5, 0.6) is 0 Å².